The van der Waals surface area contributed by atoms with Gasteiger partial charge in [0.15, 0.2) is 0 Å². The normalized spacial score (nSPS) is 9.71. The van der Waals surface area contributed by atoms with Crippen molar-refractivity contribution in [1.29, 1.82) is 0 Å². The van der Waals surface area contributed by atoms with Gasteiger partial charge in [-0.05, 0) is 12.5 Å². The Hall–Kier alpha value is -2.04. The fourth-order valence-electron chi connectivity index (χ4n) is 1.23. The number of nitrogens with one attached hydrogen (secondary N) is 1. The van der Waals surface area contributed by atoms with Gasteiger partial charge in [-0.15, -0.1) is 0 Å². The van der Waals surface area contributed by atoms with Gasteiger partial charge in [-0.2, -0.15) is 0 Å². The van der Waals surface area contributed by atoms with Gasteiger partial charge in [0.25, 0.3) is 11.5 Å². The second-order valence-electron chi connectivity index (χ2n) is 3.51. The van der Waals surface area contributed by atoms with Crippen molar-refractivity contribution in [2.45, 2.75) is 6.42 Å². The Balaban J connectivity index is 2.44. The summed E-state index contributed by atoms with van der Waals surface area (Å²) >= 11 is 0. The average molecular weight is 236 g/mol. The van der Waals surface area contributed by atoms with E-state index in [9.17, 15) is 9.59 Å². The molecule has 0 saturated heterocycles. The first-order valence-electron chi connectivity index (χ1n) is 5.32. The van der Waals surface area contributed by atoms with Crippen molar-refractivity contribution < 1.29 is 9.53 Å². The summed E-state index contributed by atoms with van der Waals surface area (Å²) in [6.07, 6.45) is 3.63. The Labute approximate surface area is 99.7 Å². The summed E-state index contributed by atoms with van der Waals surface area (Å²) in [5.41, 5.74) is 0.172. The fraction of sp³-hybridized carbons (Fsp3) is 0.333. The van der Waals surface area contributed by atoms with E-state index >= 15 is 0 Å². The predicted octanol–water partition coefficient (Wildman–Crippen LogP) is 0.665. The minimum absolute atomic E-state index is 0.201. The van der Waals surface area contributed by atoms with Crippen molar-refractivity contribution in [3.05, 3.63) is 47.1 Å². The van der Waals surface area contributed by atoms with Gasteiger partial charge in [-0.25, -0.2) is 0 Å². The van der Waals surface area contributed by atoms with Crippen LogP contribution in [0.4, 0.5) is 0 Å². The molecule has 1 aromatic rings. The molecular formula is C12H16N2O3. The van der Waals surface area contributed by atoms with Crippen molar-refractivity contribution in [1.82, 2.24) is 9.88 Å². The van der Waals surface area contributed by atoms with E-state index < -0.39 is 0 Å². The molecule has 0 aliphatic heterocycles. The molecule has 0 aliphatic rings. The standard InChI is InChI=1S/C12H16N2O3/c1-3-17-8-4-6-13-12(16)10-5-7-14(2)11(15)9-10/h3,5,7,9H,1,4,6,8H2,2H3,(H,13,16). The first kappa shape index (κ1) is 13.0. The van der Waals surface area contributed by atoms with Crippen LogP contribution in [0.5, 0.6) is 0 Å². The molecule has 0 fully saturated rings. The fourth-order valence-corrected chi connectivity index (χ4v) is 1.23. The van der Waals surface area contributed by atoms with Crippen LogP contribution in [0.1, 0.15) is 16.8 Å². The molecular weight excluding hydrogens is 220 g/mol. The molecule has 0 bridgehead atoms. The summed E-state index contributed by atoms with van der Waals surface area (Å²) in [5, 5.41) is 2.70. The third-order valence-corrected chi connectivity index (χ3v) is 2.21. The molecule has 0 saturated carbocycles. The number of pyridine rings is 1. The number of amides is 1. The molecule has 0 aliphatic carbocycles. The molecule has 0 radical (unpaired) electrons. The van der Waals surface area contributed by atoms with E-state index in [-0.39, 0.29) is 11.5 Å². The van der Waals surface area contributed by atoms with E-state index in [2.05, 4.69) is 11.9 Å². The third-order valence-electron chi connectivity index (χ3n) is 2.21. The zero-order chi connectivity index (χ0) is 12.7. The number of carbonyl (C=O) groups excluding carboxylic acids is 1. The summed E-state index contributed by atoms with van der Waals surface area (Å²) < 4.78 is 6.33. The van der Waals surface area contributed by atoms with E-state index in [1.165, 1.54) is 16.9 Å². The molecule has 0 unspecified atom stereocenters. The average Bonchev–Trinajstić information content (AvgIpc) is 2.32. The maximum Gasteiger partial charge on any atom is 0.251 e. The summed E-state index contributed by atoms with van der Waals surface area (Å²) in [6, 6.07) is 2.92. The minimum atomic E-state index is -0.249. The quantitative estimate of drug-likeness (QED) is 0.583. The van der Waals surface area contributed by atoms with Gasteiger partial charge in [0.05, 0.1) is 12.9 Å². The second-order valence-corrected chi connectivity index (χ2v) is 3.51. The van der Waals surface area contributed by atoms with Crippen LogP contribution < -0.4 is 10.9 Å². The zero-order valence-corrected chi connectivity index (χ0v) is 9.81. The molecule has 5 nitrogen and oxygen atoms in total. The highest BCUT2D eigenvalue weighted by Crippen LogP contribution is 1.94. The lowest BCUT2D eigenvalue weighted by Gasteiger charge is -2.05. The molecule has 1 rings (SSSR count). The van der Waals surface area contributed by atoms with Crippen LogP contribution in [-0.4, -0.2) is 23.6 Å². The maximum absolute atomic E-state index is 11.6. The van der Waals surface area contributed by atoms with Gasteiger partial charge >= 0.3 is 0 Å². The van der Waals surface area contributed by atoms with Crippen molar-refractivity contribution in [3.8, 4) is 0 Å². The highest BCUT2D eigenvalue weighted by atomic mass is 16.5. The number of nitrogens with zero attached hydrogens (tertiary/aromatic N) is 1. The highest BCUT2D eigenvalue weighted by molar-refractivity contribution is 5.93. The number of ether oxygens (including phenoxy) is 1. The van der Waals surface area contributed by atoms with E-state index in [1.54, 1.807) is 19.3 Å². The third kappa shape index (κ3) is 4.14. The summed E-state index contributed by atoms with van der Waals surface area (Å²) in [4.78, 5) is 22.9. The molecule has 1 N–H and O–H groups in total. The zero-order valence-electron chi connectivity index (χ0n) is 9.81. The summed E-state index contributed by atoms with van der Waals surface area (Å²) in [5.74, 6) is -0.249. The van der Waals surface area contributed by atoms with E-state index in [1.807, 2.05) is 0 Å². The van der Waals surface area contributed by atoms with Gasteiger partial charge in [-0.1, -0.05) is 6.58 Å². The highest BCUT2D eigenvalue weighted by Gasteiger charge is 2.05. The molecule has 0 atom stereocenters. The maximum atomic E-state index is 11.6. The number of rotatable bonds is 6. The van der Waals surface area contributed by atoms with Crippen LogP contribution in [0.15, 0.2) is 36.0 Å². The molecule has 1 aromatic heterocycles. The molecule has 1 amide bonds. The van der Waals surface area contributed by atoms with E-state index in [0.717, 1.165) is 0 Å². The van der Waals surface area contributed by atoms with Crippen LogP contribution in [0.25, 0.3) is 0 Å². The summed E-state index contributed by atoms with van der Waals surface area (Å²) in [6.45, 7) is 4.43. The van der Waals surface area contributed by atoms with Gasteiger partial charge in [0.1, 0.15) is 0 Å². The van der Waals surface area contributed by atoms with Crippen molar-refractivity contribution >= 4 is 5.91 Å². The van der Waals surface area contributed by atoms with E-state index in [4.69, 9.17) is 4.74 Å². The second kappa shape index (κ2) is 6.52. The number of hydrogen-bond donors (Lipinski definition) is 1. The van der Waals surface area contributed by atoms with Crippen LogP contribution in [0.3, 0.4) is 0 Å². The molecule has 17 heavy (non-hydrogen) atoms. The Morgan fingerprint density at radius 1 is 1.65 bits per heavy atom. The Morgan fingerprint density at radius 3 is 3.06 bits per heavy atom. The smallest absolute Gasteiger partial charge is 0.251 e. The lowest BCUT2D eigenvalue weighted by Crippen LogP contribution is -2.27. The molecule has 1 heterocycles. The van der Waals surface area contributed by atoms with E-state index in [0.29, 0.717) is 25.1 Å². The minimum Gasteiger partial charge on any atom is -0.502 e. The van der Waals surface area contributed by atoms with Gasteiger partial charge in [0, 0.05) is 31.4 Å². The predicted molar refractivity (Wildman–Crippen MR) is 64.8 cm³/mol. The first-order chi connectivity index (χ1) is 8.15. The summed E-state index contributed by atoms with van der Waals surface area (Å²) in [7, 11) is 1.64. The van der Waals surface area contributed by atoms with Crippen LogP contribution in [0, 0.1) is 0 Å². The Morgan fingerprint density at radius 2 is 2.41 bits per heavy atom. The van der Waals surface area contributed by atoms with Gasteiger partial charge in [-0.3, -0.25) is 9.59 Å². The SMILES string of the molecule is C=COCCCNC(=O)c1ccn(C)c(=O)c1. The topological polar surface area (TPSA) is 60.3 Å². The molecule has 0 spiro atoms. The van der Waals surface area contributed by atoms with Crippen LogP contribution >= 0.6 is 0 Å². The number of hydrogen-bond acceptors (Lipinski definition) is 3. The van der Waals surface area contributed by atoms with Gasteiger partial charge in [0.2, 0.25) is 0 Å². The number of aryl methyl sites for hydroxylation is 1. The van der Waals surface area contributed by atoms with Crippen molar-refractivity contribution in [2.24, 2.45) is 7.05 Å². The Bertz CT molecular complexity index is 451. The largest absolute Gasteiger partial charge is 0.502 e. The molecule has 0 aromatic carbocycles. The Kier molecular flexibility index (Phi) is 5.00. The molecule has 5 heteroatoms. The monoisotopic (exact) mass is 236 g/mol. The van der Waals surface area contributed by atoms with Crippen molar-refractivity contribution in [2.75, 3.05) is 13.2 Å². The number of aromatic nitrogens is 1. The van der Waals surface area contributed by atoms with Crippen LogP contribution in [-0.2, 0) is 11.8 Å². The lowest BCUT2D eigenvalue weighted by molar-refractivity contribution is 0.0950. The molecule has 92 valence electrons. The van der Waals surface area contributed by atoms with Crippen LogP contribution in [0.2, 0.25) is 0 Å². The first-order valence-corrected chi connectivity index (χ1v) is 5.32. The number of carbonyl (C=O) groups is 1. The van der Waals surface area contributed by atoms with Gasteiger partial charge < -0.3 is 14.6 Å². The lowest BCUT2D eigenvalue weighted by atomic mass is 10.2. The van der Waals surface area contributed by atoms with Crippen molar-refractivity contribution in [3.63, 3.8) is 0 Å².